The van der Waals surface area contributed by atoms with Gasteiger partial charge in [0.25, 0.3) is 0 Å². The van der Waals surface area contributed by atoms with Crippen LogP contribution in [0.2, 0.25) is 0 Å². The van der Waals surface area contributed by atoms with Crippen LogP contribution in [-0.2, 0) is 0 Å². The van der Waals surface area contributed by atoms with Crippen molar-refractivity contribution in [2.75, 3.05) is 22.5 Å². The lowest BCUT2D eigenvalue weighted by Crippen LogP contribution is -2.34. The summed E-state index contributed by atoms with van der Waals surface area (Å²) in [6.07, 6.45) is 0. The molecule has 2 amide bonds. The Morgan fingerprint density at radius 1 is 1.25 bits per heavy atom. The molecule has 4 nitrogen and oxygen atoms in total. The molecule has 0 saturated heterocycles. The molecule has 20 heavy (non-hydrogen) atoms. The van der Waals surface area contributed by atoms with Crippen LogP contribution in [0.25, 0.3) is 0 Å². The highest BCUT2D eigenvalue weighted by Crippen LogP contribution is 2.18. The predicted octanol–water partition coefficient (Wildman–Crippen LogP) is 3.47. The van der Waals surface area contributed by atoms with Crippen molar-refractivity contribution in [3.63, 3.8) is 0 Å². The van der Waals surface area contributed by atoms with Crippen LogP contribution < -0.4 is 16.0 Å². The summed E-state index contributed by atoms with van der Waals surface area (Å²) >= 11 is 0. The number of nitrogen functional groups attached to an aromatic ring is 1. The number of rotatable bonds is 3. The zero-order chi connectivity index (χ0) is 14.5. The quantitative estimate of drug-likeness (QED) is 0.841. The normalized spacial score (nSPS) is 10.1. The number of hydrogen-bond donors (Lipinski definition) is 2. The van der Waals surface area contributed by atoms with Gasteiger partial charge in [-0.25, -0.2) is 9.18 Å². The van der Waals surface area contributed by atoms with Crippen LogP contribution in [0.5, 0.6) is 0 Å². The Morgan fingerprint density at radius 3 is 2.55 bits per heavy atom. The lowest BCUT2D eigenvalue weighted by atomic mass is 10.2. The number of nitrogens with zero attached hydrogens (tertiary/aromatic N) is 1. The van der Waals surface area contributed by atoms with Crippen LogP contribution >= 0.6 is 0 Å². The van der Waals surface area contributed by atoms with Crippen molar-refractivity contribution in [1.82, 2.24) is 0 Å². The monoisotopic (exact) mass is 273 g/mol. The maximum Gasteiger partial charge on any atom is 0.326 e. The molecular formula is C15H16FN3O. The number of anilines is 3. The highest BCUT2D eigenvalue weighted by Gasteiger charge is 2.13. The predicted molar refractivity (Wildman–Crippen MR) is 79.3 cm³/mol. The van der Waals surface area contributed by atoms with Crippen LogP contribution in [0.1, 0.15) is 6.92 Å². The van der Waals surface area contributed by atoms with E-state index in [2.05, 4.69) is 5.32 Å². The molecule has 5 heteroatoms. The van der Waals surface area contributed by atoms with Crippen molar-refractivity contribution in [2.45, 2.75) is 6.92 Å². The molecule has 0 bridgehead atoms. The van der Waals surface area contributed by atoms with Crippen LogP contribution in [0.15, 0.2) is 48.5 Å². The number of halogens is 1. The summed E-state index contributed by atoms with van der Waals surface area (Å²) in [5, 5.41) is 2.66. The van der Waals surface area contributed by atoms with Crippen molar-refractivity contribution in [1.29, 1.82) is 0 Å². The van der Waals surface area contributed by atoms with Crippen LogP contribution in [0.4, 0.5) is 26.2 Å². The minimum Gasteiger partial charge on any atom is -0.399 e. The molecule has 0 aliphatic carbocycles. The number of hydrogen-bond acceptors (Lipinski definition) is 2. The van der Waals surface area contributed by atoms with E-state index in [4.69, 9.17) is 5.73 Å². The number of nitrogens with one attached hydrogen (secondary N) is 1. The molecule has 0 spiro atoms. The van der Waals surface area contributed by atoms with Gasteiger partial charge < -0.3 is 11.1 Å². The van der Waals surface area contributed by atoms with E-state index in [1.54, 1.807) is 41.3 Å². The Morgan fingerprint density at radius 2 is 1.95 bits per heavy atom. The molecule has 0 aliphatic rings. The Kier molecular flexibility index (Phi) is 4.20. The molecule has 0 unspecified atom stereocenters. The molecule has 0 radical (unpaired) electrons. The number of amides is 2. The first-order valence-corrected chi connectivity index (χ1v) is 6.30. The summed E-state index contributed by atoms with van der Waals surface area (Å²) in [6, 6.07) is 12.5. The molecule has 0 aromatic heterocycles. The lowest BCUT2D eigenvalue weighted by Gasteiger charge is -2.21. The first-order chi connectivity index (χ1) is 9.60. The van der Waals surface area contributed by atoms with Gasteiger partial charge in [0.15, 0.2) is 0 Å². The van der Waals surface area contributed by atoms with Gasteiger partial charge >= 0.3 is 6.03 Å². The topological polar surface area (TPSA) is 58.4 Å². The highest BCUT2D eigenvalue weighted by molar-refractivity contribution is 6.01. The van der Waals surface area contributed by atoms with E-state index in [1.807, 2.05) is 6.92 Å². The lowest BCUT2D eigenvalue weighted by molar-refractivity contribution is 0.257. The molecule has 0 heterocycles. The van der Waals surface area contributed by atoms with Crippen LogP contribution in [-0.4, -0.2) is 12.6 Å². The summed E-state index contributed by atoms with van der Waals surface area (Å²) in [6.45, 7) is 2.35. The van der Waals surface area contributed by atoms with Gasteiger partial charge in [-0.2, -0.15) is 0 Å². The molecular weight excluding hydrogens is 257 g/mol. The molecule has 104 valence electrons. The van der Waals surface area contributed by atoms with E-state index in [1.165, 1.54) is 12.1 Å². The molecule has 0 saturated carbocycles. The summed E-state index contributed by atoms with van der Waals surface area (Å²) in [5.74, 6) is -0.390. The summed E-state index contributed by atoms with van der Waals surface area (Å²) in [7, 11) is 0. The number of nitrogens with two attached hydrogens (primary N) is 1. The zero-order valence-corrected chi connectivity index (χ0v) is 11.1. The minimum absolute atomic E-state index is 0.317. The summed E-state index contributed by atoms with van der Waals surface area (Å²) < 4.78 is 13.1. The third-order valence-electron chi connectivity index (χ3n) is 2.84. The van der Waals surface area contributed by atoms with Gasteiger partial charge in [-0.3, -0.25) is 4.90 Å². The summed E-state index contributed by atoms with van der Waals surface area (Å²) in [4.78, 5) is 13.7. The van der Waals surface area contributed by atoms with E-state index >= 15 is 0 Å². The minimum atomic E-state index is -0.390. The van der Waals surface area contributed by atoms with Gasteiger partial charge in [0.1, 0.15) is 5.82 Å². The Bertz CT molecular complexity index is 598. The molecule has 0 fully saturated rings. The van der Waals surface area contributed by atoms with Gasteiger partial charge in [-0.05, 0) is 49.4 Å². The van der Waals surface area contributed by atoms with Crippen LogP contribution in [0.3, 0.4) is 0 Å². The second-order valence-electron chi connectivity index (χ2n) is 4.28. The van der Waals surface area contributed by atoms with Gasteiger partial charge in [-0.15, -0.1) is 0 Å². The third kappa shape index (κ3) is 3.26. The zero-order valence-electron chi connectivity index (χ0n) is 11.1. The molecule has 0 aliphatic heterocycles. The molecule has 0 atom stereocenters. The van der Waals surface area contributed by atoms with Crippen molar-refractivity contribution in [3.05, 3.63) is 54.3 Å². The van der Waals surface area contributed by atoms with Gasteiger partial charge in [0, 0.05) is 23.6 Å². The first kappa shape index (κ1) is 13.9. The average Bonchev–Trinajstić information content (AvgIpc) is 2.42. The van der Waals surface area contributed by atoms with Crippen molar-refractivity contribution >= 4 is 23.1 Å². The smallest absolute Gasteiger partial charge is 0.326 e. The number of urea groups is 1. The fourth-order valence-corrected chi connectivity index (χ4v) is 1.85. The maximum absolute atomic E-state index is 13.1. The average molecular weight is 273 g/mol. The Balaban J connectivity index is 2.15. The fourth-order valence-electron chi connectivity index (χ4n) is 1.85. The van der Waals surface area contributed by atoms with E-state index < -0.39 is 5.82 Å². The number of carbonyl (C=O) groups excluding carboxylic acids is 1. The number of carbonyl (C=O) groups is 1. The first-order valence-electron chi connectivity index (χ1n) is 6.30. The van der Waals surface area contributed by atoms with E-state index in [0.29, 0.717) is 17.9 Å². The van der Waals surface area contributed by atoms with Gasteiger partial charge in [-0.1, -0.05) is 6.07 Å². The van der Waals surface area contributed by atoms with E-state index in [0.717, 1.165) is 5.69 Å². The second kappa shape index (κ2) is 6.06. The molecule has 2 aromatic carbocycles. The van der Waals surface area contributed by atoms with Crippen molar-refractivity contribution in [3.8, 4) is 0 Å². The Hall–Kier alpha value is -2.56. The van der Waals surface area contributed by atoms with Crippen molar-refractivity contribution in [2.24, 2.45) is 0 Å². The van der Waals surface area contributed by atoms with Gasteiger partial charge in [0.05, 0.1) is 0 Å². The largest absolute Gasteiger partial charge is 0.399 e. The SMILES string of the molecule is CCN(C(=O)Nc1cccc(F)c1)c1ccc(N)cc1. The standard InChI is InChI=1S/C15H16FN3O/c1-2-19(14-8-6-12(17)7-9-14)15(20)18-13-5-3-4-11(16)10-13/h3-10H,2,17H2,1H3,(H,18,20). The second-order valence-corrected chi connectivity index (χ2v) is 4.28. The van der Waals surface area contributed by atoms with Crippen molar-refractivity contribution < 1.29 is 9.18 Å². The van der Waals surface area contributed by atoms with E-state index in [-0.39, 0.29) is 6.03 Å². The Labute approximate surface area is 117 Å². The maximum atomic E-state index is 13.1. The third-order valence-corrected chi connectivity index (χ3v) is 2.84. The fraction of sp³-hybridized carbons (Fsp3) is 0.133. The van der Waals surface area contributed by atoms with E-state index in [9.17, 15) is 9.18 Å². The molecule has 2 aromatic rings. The van der Waals surface area contributed by atoms with Gasteiger partial charge in [0.2, 0.25) is 0 Å². The molecule has 3 N–H and O–H groups in total. The number of benzene rings is 2. The van der Waals surface area contributed by atoms with Crippen LogP contribution in [0, 0.1) is 5.82 Å². The molecule has 2 rings (SSSR count). The highest BCUT2D eigenvalue weighted by atomic mass is 19.1. The summed E-state index contributed by atoms with van der Waals surface area (Å²) in [5.41, 5.74) is 7.41.